The molecule has 5 rings (SSSR count). The Morgan fingerprint density at radius 2 is 2.15 bits per heavy atom. The lowest BCUT2D eigenvalue weighted by Crippen LogP contribution is -2.28. The van der Waals surface area contributed by atoms with Gasteiger partial charge in [-0.3, -0.25) is 9.48 Å². The lowest BCUT2D eigenvalue weighted by atomic mass is 9.78. The summed E-state index contributed by atoms with van der Waals surface area (Å²) in [4.78, 5) is 20.5. The smallest absolute Gasteiger partial charge is 0.190 e. The van der Waals surface area contributed by atoms with Crippen LogP contribution in [0.1, 0.15) is 35.6 Å². The number of aliphatic hydroxyl groups is 1. The van der Waals surface area contributed by atoms with Crippen LogP contribution in [0.3, 0.4) is 0 Å². The maximum atomic E-state index is 12.7. The third-order valence-corrected chi connectivity index (χ3v) is 7.16. The number of benzene rings is 1. The van der Waals surface area contributed by atoms with E-state index in [4.69, 9.17) is 14.5 Å². The average molecular weight is 469 g/mol. The molecule has 0 saturated heterocycles. The van der Waals surface area contributed by atoms with Crippen molar-refractivity contribution < 1.29 is 19.4 Å². The van der Waals surface area contributed by atoms with E-state index < -0.39 is 6.10 Å². The van der Waals surface area contributed by atoms with E-state index in [0.717, 1.165) is 44.7 Å². The minimum absolute atomic E-state index is 0.0531. The van der Waals surface area contributed by atoms with Gasteiger partial charge in [0.15, 0.2) is 10.9 Å². The summed E-state index contributed by atoms with van der Waals surface area (Å²) in [5.41, 5.74) is 3.74. The van der Waals surface area contributed by atoms with Crippen LogP contribution in [0.15, 0.2) is 30.6 Å². The molecule has 0 fully saturated rings. The number of ether oxygens (including phenoxy) is 2. The van der Waals surface area contributed by atoms with Crippen molar-refractivity contribution >= 4 is 27.9 Å². The molecule has 1 atom stereocenters. The lowest BCUT2D eigenvalue weighted by molar-refractivity contribution is 0.0514. The molecular weight excluding hydrogens is 440 g/mol. The second-order valence-corrected chi connectivity index (χ2v) is 10.4. The first-order chi connectivity index (χ1) is 15.8. The van der Waals surface area contributed by atoms with Gasteiger partial charge in [0.05, 0.1) is 48.3 Å². The third-order valence-electron chi connectivity index (χ3n) is 6.00. The lowest BCUT2D eigenvalue weighted by Gasteiger charge is -2.29. The number of hydrogen-bond donors (Lipinski definition) is 1. The van der Waals surface area contributed by atoms with Crippen LogP contribution < -0.4 is 9.64 Å². The molecule has 1 aromatic carbocycles. The van der Waals surface area contributed by atoms with Gasteiger partial charge in [-0.15, -0.1) is 0 Å². The van der Waals surface area contributed by atoms with E-state index in [0.29, 0.717) is 26.1 Å². The largest absolute Gasteiger partial charge is 0.490 e. The van der Waals surface area contributed by atoms with Crippen LogP contribution in [0.4, 0.5) is 10.8 Å². The molecule has 3 aromatic rings. The van der Waals surface area contributed by atoms with Gasteiger partial charge < -0.3 is 19.5 Å². The number of aliphatic hydroxyl groups excluding tert-OH is 1. The summed E-state index contributed by atoms with van der Waals surface area (Å²) in [7, 11) is 1.56. The normalized spacial score (nSPS) is 17.9. The molecule has 0 amide bonds. The van der Waals surface area contributed by atoms with Crippen LogP contribution in [0.5, 0.6) is 5.75 Å². The van der Waals surface area contributed by atoms with Crippen LogP contribution in [-0.4, -0.2) is 58.6 Å². The molecule has 2 aromatic heterocycles. The fourth-order valence-electron chi connectivity index (χ4n) is 4.49. The zero-order chi connectivity index (χ0) is 23.2. The van der Waals surface area contributed by atoms with Crippen molar-refractivity contribution in [1.29, 1.82) is 0 Å². The highest BCUT2D eigenvalue weighted by Crippen LogP contribution is 2.44. The maximum absolute atomic E-state index is 12.7. The van der Waals surface area contributed by atoms with E-state index in [2.05, 4.69) is 29.9 Å². The molecule has 1 unspecified atom stereocenters. The second-order valence-electron chi connectivity index (χ2n) is 9.46. The Hall–Kier alpha value is -2.75. The number of aromatic nitrogens is 3. The van der Waals surface area contributed by atoms with Gasteiger partial charge in [0.1, 0.15) is 12.4 Å². The number of carbonyl (C=O) groups is 1. The number of nitrogens with zero attached hydrogens (tertiary/aromatic N) is 4. The summed E-state index contributed by atoms with van der Waals surface area (Å²) in [5, 5.41) is 15.2. The summed E-state index contributed by atoms with van der Waals surface area (Å²) >= 11 is 1.49. The highest BCUT2D eigenvalue weighted by Gasteiger charge is 2.35. The van der Waals surface area contributed by atoms with E-state index >= 15 is 0 Å². The predicted octanol–water partition coefficient (Wildman–Crippen LogP) is 3.70. The zero-order valence-corrected chi connectivity index (χ0v) is 19.9. The molecule has 1 N–H and O–H groups in total. The number of carbonyl (C=O) groups excluding carboxylic acids is 1. The number of Topliss-reactive ketones (excluding diaryl/α,β-unsaturated/α-hetero) is 1. The Labute approximate surface area is 196 Å². The molecule has 0 saturated carbocycles. The molecule has 0 bridgehead atoms. The van der Waals surface area contributed by atoms with E-state index in [-0.39, 0.29) is 17.8 Å². The number of anilines is 2. The van der Waals surface area contributed by atoms with E-state index in [1.54, 1.807) is 18.0 Å². The monoisotopic (exact) mass is 468 g/mol. The number of rotatable bonds is 6. The fraction of sp³-hybridized carbons (Fsp3) is 0.458. The van der Waals surface area contributed by atoms with Crippen LogP contribution in [0, 0.1) is 5.41 Å². The van der Waals surface area contributed by atoms with Crippen LogP contribution in [-0.2, 0) is 17.7 Å². The van der Waals surface area contributed by atoms with Gasteiger partial charge in [0.25, 0.3) is 0 Å². The molecule has 33 heavy (non-hydrogen) atoms. The number of thiazole rings is 1. The molecule has 1 aliphatic carbocycles. The van der Waals surface area contributed by atoms with Gasteiger partial charge in [-0.25, -0.2) is 4.98 Å². The van der Waals surface area contributed by atoms with Crippen LogP contribution >= 0.6 is 11.3 Å². The number of ketones is 1. The van der Waals surface area contributed by atoms with E-state index in [9.17, 15) is 9.90 Å². The zero-order valence-electron chi connectivity index (χ0n) is 19.1. The van der Waals surface area contributed by atoms with E-state index in [1.807, 2.05) is 18.3 Å². The molecule has 9 heteroatoms. The van der Waals surface area contributed by atoms with Crippen molar-refractivity contribution in [2.45, 2.75) is 39.3 Å². The fourth-order valence-corrected chi connectivity index (χ4v) is 5.55. The van der Waals surface area contributed by atoms with Gasteiger partial charge in [-0.05, 0) is 29.5 Å². The summed E-state index contributed by atoms with van der Waals surface area (Å²) in [6.07, 6.45) is 4.47. The Balaban J connectivity index is 1.45. The highest BCUT2D eigenvalue weighted by molar-refractivity contribution is 7.17. The van der Waals surface area contributed by atoms with Gasteiger partial charge in [-0.1, -0.05) is 31.3 Å². The molecule has 3 heterocycles. The number of fused-ring (bicyclic) bond motifs is 2. The highest BCUT2D eigenvalue weighted by atomic mass is 32.1. The van der Waals surface area contributed by atoms with Crippen LogP contribution in [0.25, 0.3) is 11.1 Å². The van der Waals surface area contributed by atoms with Crippen LogP contribution in [0.2, 0.25) is 0 Å². The molecular formula is C24H28N4O4S. The predicted molar refractivity (Wildman–Crippen MR) is 127 cm³/mol. The standard InChI is InChI=1S/C24H28N4O4S/c1-24(2)9-18-22(20(30)10-24)33-23(26-18)28-6-7-32-21-5-4-15(8-19(21)28)16-11-25-27(12-16)13-17(29)14-31-3/h4-5,8,11-12,17,29H,6-7,9-10,13-14H2,1-3H3. The van der Waals surface area contributed by atoms with Crippen molar-refractivity contribution in [3.8, 4) is 16.9 Å². The second kappa shape index (κ2) is 8.55. The van der Waals surface area contributed by atoms with Gasteiger partial charge in [0, 0.05) is 25.3 Å². The quantitative estimate of drug-likeness (QED) is 0.590. The number of hydrogen-bond acceptors (Lipinski definition) is 8. The van der Waals surface area contributed by atoms with Gasteiger partial charge in [-0.2, -0.15) is 5.10 Å². The Bertz CT molecular complexity index is 1190. The Morgan fingerprint density at radius 1 is 1.30 bits per heavy atom. The first kappa shape index (κ1) is 22.1. The molecule has 8 nitrogen and oxygen atoms in total. The topological polar surface area (TPSA) is 89.7 Å². The first-order valence-electron chi connectivity index (χ1n) is 11.1. The summed E-state index contributed by atoms with van der Waals surface area (Å²) < 4.78 is 12.6. The molecule has 0 radical (unpaired) electrons. The van der Waals surface area contributed by atoms with E-state index in [1.165, 1.54) is 11.3 Å². The molecule has 1 aliphatic heterocycles. The van der Waals surface area contributed by atoms with Crippen molar-refractivity contribution in [3.63, 3.8) is 0 Å². The summed E-state index contributed by atoms with van der Waals surface area (Å²) in [5.74, 6) is 0.989. The maximum Gasteiger partial charge on any atom is 0.190 e. The minimum atomic E-state index is -0.612. The van der Waals surface area contributed by atoms with Crippen molar-refractivity contribution in [2.24, 2.45) is 5.41 Å². The third kappa shape index (κ3) is 4.40. The Morgan fingerprint density at radius 3 is 2.97 bits per heavy atom. The summed E-state index contributed by atoms with van der Waals surface area (Å²) in [6, 6.07) is 6.05. The molecule has 174 valence electrons. The first-order valence-corrected chi connectivity index (χ1v) is 11.9. The Kier molecular flexibility index (Phi) is 5.72. The van der Waals surface area contributed by atoms with Gasteiger partial charge in [0.2, 0.25) is 0 Å². The summed E-state index contributed by atoms with van der Waals surface area (Å²) in [6.45, 7) is 6.10. The SMILES string of the molecule is COCC(O)Cn1cc(-c2ccc3c(c2)N(c2nc4c(s2)C(=O)CC(C)(C)C4)CCO3)cn1. The van der Waals surface area contributed by atoms with Gasteiger partial charge >= 0.3 is 0 Å². The van der Waals surface area contributed by atoms with Crippen molar-refractivity contribution in [3.05, 3.63) is 41.2 Å². The van der Waals surface area contributed by atoms with Crippen molar-refractivity contribution in [2.75, 3.05) is 31.8 Å². The average Bonchev–Trinajstić information content (AvgIpc) is 3.39. The minimum Gasteiger partial charge on any atom is -0.490 e. The molecule has 2 aliphatic rings. The van der Waals surface area contributed by atoms with Crippen molar-refractivity contribution in [1.82, 2.24) is 14.8 Å². The molecule has 0 spiro atoms. The number of methoxy groups -OCH3 is 1.